The van der Waals surface area contributed by atoms with Crippen LogP contribution in [0.1, 0.15) is 6.92 Å². The Hall–Kier alpha value is -0.750. The van der Waals surface area contributed by atoms with Crippen molar-refractivity contribution < 1.29 is 19.4 Å². The molecule has 1 saturated heterocycles. The average molecular weight is 205 g/mol. The molecule has 2 N–H and O–H groups in total. The second kappa shape index (κ2) is 4.48. The molecule has 0 aromatic rings. The summed E-state index contributed by atoms with van der Waals surface area (Å²) in [5.41, 5.74) is 0. The molecule has 0 bridgehead atoms. The minimum absolute atomic E-state index is 0.315. The molecule has 0 spiro atoms. The van der Waals surface area contributed by atoms with Crippen molar-refractivity contribution in [3.63, 3.8) is 0 Å². The van der Waals surface area contributed by atoms with Gasteiger partial charge < -0.3 is 9.84 Å². The van der Waals surface area contributed by atoms with Crippen LogP contribution < -0.4 is 5.32 Å². The second-order valence-corrected chi connectivity index (χ2v) is 3.66. The molecular weight excluding hydrogens is 194 g/mol. The van der Waals surface area contributed by atoms with E-state index in [1.165, 1.54) is 11.8 Å². The molecule has 74 valence electrons. The molecule has 1 rings (SSSR count). The molecule has 0 aliphatic carbocycles. The highest BCUT2D eigenvalue weighted by Gasteiger charge is 2.34. The molecule has 1 heterocycles. The molecule has 1 aliphatic rings. The van der Waals surface area contributed by atoms with Gasteiger partial charge in [-0.1, -0.05) is 0 Å². The van der Waals surface area contributed by atoms with Gasteiger partial charge in [-0.3, -0.25) is 10.1 Å². The van der Waals surface area contributed by atoms with Gasteiger partial charge in [0.25, 0.3) is 0 Å². The van der Waals surface area contributed by atoms with E-state index in [-0.39, 0.29) is 0 Å². The number of rotatable bonds is 3. The van der Waals surface area contributed by atoms with Gasteiger partial charge in [0.1, 0.15) is 6.04 Å². The highest BCUT2D eigenvalue weighted by atomic mass is 32.2. The molecular formula is C7H11NO4S. The molecule has 5 nitrogen and oxygen atoms in total. The number of carbonyl (C=O) groups is 2. The zero-order valence-electron chi connectivity index (χ0n) is 7.15. The van der Waals surface area contributed by atoms with Crippen molar-refractivity contribution in [2.75, 3.05) is 12.4 Å². The maximum absolute atomic E-state index is 11.1. The number of hydrogen-bond donors (Lipinski definition) is 2. The number of carbonyl (C=O) groups excluding carboxylic acids is 1. The van der Waals surface area contributed by atoms with E-state index in [0.717, 1.165) is 0 Å². The van der Waals surface area contributed by atoms with Gasteiger partial charge in [0.2, 0.25) is 0 Å². The Labute approximate surface area is 79.8 Å². The van der Waals surface area contributed by atoms with Crippen molar-refractivity contribution in [3.05, 3.63) is 0 Å². The van der Waals surface area contributed by atoms with Crippen LogP contribution in [0.5, 0.6) is 0 Å². The molecule has 0 aromatic heterocycles. The quantitative estimate of drug-likeness (QED) is 0.614. The van der Waals surface area contributed by atoms with Crippen LogP contribution in [0, 0.1) is 0 Å². The lowest BCUT2D eigenvalue weighted by atomic mass is 10.3. The lowest BCUT2D eigenvalue weighted by molar-refractivity contribution is -0.143. The summed E-state index contributed by atoms with van der Waals surface area (Å²) in [4.78, 5) is 21.6. The molecule has 13 heavy (non-hydrogen) atoms. The Balaban J connectivity index is 2.40. The van der Waals surface area contributed by atoms with Gasteiger partial charge >= 0.3 is 11.9 Å². The summed E-state index contributed by atoms with van der Waals surface area (Å²) in [7, 11) is 0. The smallest absolute Gasteiger partial charge is 0.333 e. The summed E-state index contributed by atoms with van der Waals surface area (Å²) in [5, 5.41) is 10.8. The number of aliphatic carboxylic acids is 1. The third-order valence-corrected chi connectivity index (χ3v) is 2.77. The van der Waals surface area contributed by atoms with E-state index in [2.05, 4.69) is 5.32 Å². The third-order valence-electron chi connectivity index (χ3n) is 1.58. The number of carboxylic acids is 1. The minimum atomic E-state index is -0.931. The maximum Gasteiger partial charge on any atom is 0.333 e. The third kappa shape index (κ3) is 2.60. The minimum Gasteiger partial charge on any atom is -0.480 e. The van der Waals surface area contributed by atoms with Crippen LogP contribution in [0.25, 0.3) is 0 Å². The second-order valence-electron chi connectivity index (χ2n) is 2.52. The number of carboxylic acid groups (broad SMARTS) is 1. The fourth-order valence-corrected chi connectivity index (χ4v) is 2.06. The van der Waals surface area contributed by atoms with E-state index in [9.17, 15) is 9.59 Å². The van der Waals surface area contributed by atoms with Crippen molar-refractivity contribution in [2.45, 2.75) is 18.3 Å². The van der Waals surface area contributed by atoms with E-state index in [0.29, 0.717) is 12.4 Å². The summed E-state index contributed by atoms with van der Waals surface area (Å²) >= 11 is 1.26. The molecule has 0 amide bonds. The van der Waals surface area contributed by atoms with Crippen LogP contribution >= 0.6 is 11.8 Å². The molecule has 1 unspecified atom stereocenters. The molecule has 2 atom stereocenters. The number of thioether (sulfide) groups is 1. The van der Waals surface area contributed by atoms with Gasteiger partial charge in [0.05, 0.1) is 6.61 Å². The lowest BCUT2D eigenvalue weighted by Crippen LogP contribution is -2.40. The fraction of sp³-hybridized carbons (Fsp3) is 0.714. The first-order chi connectivity index (χ1) is 6.15. The summed E-state index contributed by atoms with van der Waals surface area (Å²) in [6.07, 6.45) is 0. The van der Waals surface area contributed by atoms with Gasteiger partial charge in [-0.05, 0) is 6.92 Å². The van der Waals surface area contributed by atoms with Crippen LogP contribution in [0.4, 0.5) is 0 Å². The largest absolute Gasteiger partial charge is 0.480 e. The summed E-state index contributed by atoms with van der Waals surface area (Å²) in [6.45, 7) is 2.03. The van der Waals surface area contributed by atoms with Crippen molar-refractivity contribution in [3.8, 4) is 0 Å². The predicted molar refractivity (Wildman–Crippen MR) is 47.4 cm³/mol. The number of ether oxygens (including phenoxy) is 1. The van der Waals surface area contributed by atoms with Gasteiger partial charge in [-0.15, -0.1) is 11.8 Å². The molecule has 6 heteroatoms. The predicted octanol–water partition coefficient (Wildman–Crippen LogP) is -0.335. The van der Waals surface area contributed by atoms with Crippen LogP contribution in [0.2, 0.25) is 0 Å². The van der Waals surface area contributed by atoms with Crippen LogP contribution in [-0.4, -0.2) is 40.8 Å². The standard InChI is InChI=1S/C7H11NO4S/c1-2-12-7(11)5-8-4(3-13-5)6(9)10/h4-5,8H,2-3H2,1H3,(H,9,10)/t4-,5?/m0/s1. The van der Waals surface area contributed by atoms with Gasteiger partial charge in [0.15, 0.2) is 5.37 Å². The Bertz CT molecular complexity index is 221. The van der Waals surface area contributed by atoms with E-state index in [4.69, 9.17) is 9.84 Å². The number of nitrogens with one attached hydrogen (secondary N) is 1. The number of hydrogen-bond acceptors (Lipinski definition) is 5. The summed E-state index contributed by atoms with van der Waals surface area (Å²) in [6, 6.07) is -0.639. The SMILES string of the molecule is CCOC(=O)C1N[C@H](C(=O)O)CS1. The lowest BCUT2D eigenvalue weighted by Gasteiger charge is -2.08. The van der Waals surface area contributed by atoms with Gasteiger partial charge in [0, 0.05) is 5.75 Å². The van der Waals surface area contributed by atoms with E-state index in [1.54, 1.807) is 6.92 Å². The Morgan fingerprint density at radius 2 is 2.38 bits per heavy atom. The van der Waals surface area contributed by atoms with E-state index >= 15 is 0 Å². The zero-order chi connectivity index (χ0) is 9.84. The van der Waals surface area contributed by atoms with Crippen LogP contribution in [0.15, 0.2) is 0 Å². The van der Waals surface area contributed by atoms with E-state index in [1.807, 2.05) is 0 Å². The Morgan fingerprint density at radius 3 is 2.85 bits per heavy atom. The van der Waals surface area contributed by atoms with Crippen molar-refractivity contribution in [2.24, 2.45) is 0 Å². The molecule has 0 radical (unpaired) electrons. The first-order valence-electron chi connectivity index (χ1n) is 3.92. The Kier molecular flexibility index (Phi) is 3.56. The average Bonchev–Trinajstić information content (AvgIpc) is 2.52. The molecule has 0 saturated carbocycles. The summed E-state index contributed by atoms with van der Waals surface area (Å²) in [5.74, 6) is -0.922. The van der Waals surface area contributed by atoms with E-state index < -0.39 is 23.4 Å². The first kappa shape index (κ1) is 10.3. The van der Waals surface area contributed by atoms with Crippen LogP contribution in [-0.2, 0) is 14.3 Å². The molecule has 1 fully saturated rings. The van der Waals surface area contributed by atoms with Crippen molar-refractivity contribution in [1.82, 2.24) is 5.32 Å². The van der Waals surface area contributed by atoms with Gasteiger partial charge in [-0.2, -0.15) is 0 Å². The topological polar surface area (TPSA) is 75.6 Å². The number of esters is 1. The van der Waals surface area contributed by atoms with Crippen LogP contribution in [0.3, 0.4) is 0 Å². The first-order valence-corrected chi connectivity index (χ1v) is 4.97. The highest BCUT2D eigenvalue weighted by molar-refractivity contribution is 8.00. The van der Waals surface area contributed by atoms with Crippen molar-refractivity contribution in [1.29, 1.82) is 0 Å². The zero-order valence-corrected chi connectivity index (χ0v) is 7.97. The highest BCUT2D eigenvalue weighted by Crippen LogP contribution is 2.19. The fourth-order valence-electron chi connectivity index (χ4n) is 0.968. The van der Waals surface area contributed by atoms with Crippen molar-refractivity contribution >= 4 is 23.7 Å². The monoisotopic (exact) mass is 205 g/mol. The van der Waals surface area contributed by atoms with Gasteiger partial charge in [-0.25, -0.2) is 4.79 Å². The maximum atomic E-state index is 11.1. The molecule has 0 aromatic carbocycles. The Morgan fingerprint density at radius 1 is 1.69 bits per heavy atom. The molecule has 1 aliphatic heterocycles. The normalized spacial score (nSPS) is 27.2. The summed E-state index contributed by atoms with van der Waals surface area (Å²) < 4.78 is 4.74.